The SMILES string of the molecule is COCC(c1cnn2cc([C@H](COC(C)(C)C(F)(F)F)NC(=O)OC(C)(C)C)nc2c1)N1C[C@@](C)(C(F)(F)F)NC1=O. The second kappa shape index (κ2) is 11.4. The maximum absolute atomic E-state index is 13.6. The van der Waals surface area contributed by atoms with Gasteiger partial charge in [-0.1, -0.05) is 0 Å². The number of carbonyl (C=O) groups is 2. The maximum atomic E-state index is 13.6. The second-order valence-electron chi connectivity index (χ2n) is 11.6. The van der Waals surface area contributed by atoms with Crippen LogP contribution in [0.5, 0.6) is 0 Å². The van der Waals surface area contributed by atoms with Gasteiger partial charge in [-0.25, -0.2) is 19.1 Å². The molecule has 3 amide bonds. The van der Waals surface area contributed by atoms with Gasteiger partial charge in [-0.15, -0.1) is 0 Å². The van der Waals surface area contributed by atoms with Crippen molar-refractivity contribution in [3.05, 3.63) is 29.7 Å². The first kappa shape index (κ1) is 33.2. The molecule has 17 heteroatoms. The Labute approximate surface area is 237 Å². The maximum Gasteiger partial charge on any atom is 0.416 e. The number of imidazole rings is 1. The number of hydrogen-bond donors (Lipinski definition) is 2. The van der Waals surface area contributed by atoms with E-state index in [4.69, 9.17) is 14.2 Å². The Morgan fingerprint density at radius 3 is 2.31 bits per heavy atom. The van der Waals surface area contributed by atoms with Crippen LogP contribution in [0.15, 0.2) is 18.5 Å². The van der Waals surface area contributed by atoms with Gasteiger partial charge >= 0.3 is 24.5 Å². The van der Waals surface area contributed by atoms with Gasteiger partial charge < -0.3 is 29.7 Å². The van der Waals surface area contributed by atoms with Crippen LogP contribution in [0.2, 0.25) is 0 Å². The van der Waals surface area contributed by atoms with E-state index in [1.54, 1.807) is 20.8 Å². The fourth-order valence-corrected chi connectivity index (χ4v) is 3.98. The summed E-state index contributed by atoms with van der Waals surface area (Å²) in [6.45, 7) is 5.86. The summed E-state index contributed by atoms with van der Waals surface area (Å²) >= 11 is 0. The fourth-order valence-electron chi connectivity index (χ4n) is 3.98. The Morgan fingerprint density at radius 1 is 1.14 bits per heavy atom. The van der Waals surface area contributed by atoms with Gasteiger partial charge in [0.05, 0.1) is 49.9 Å². The summed E-state index contributed by atoms with van der Waals surface area (Å²) < 4.78 is 97.9. The number of carbonyl (C=O) groups excluding carboxylic acids is 2. The highest BCUT2D eigenvalue weighted by atomic mass is 19.4. The Morgan fingerprint density at radius 2 is 1.79 bits per heavy atom. The highest BCUT2D eigenvalue weighted by molar-refractivity contribution is 5.78. The second-order valence-corrected chi connectivity index (χ2v) is 11.6. The first-order chi connectivity index (χ1) is 19.1. The quantitative estimate of drug-likeness (QED) is 0.395. The smallest absolute Gasteiger partial charge is 0.416 e. The molecule has 11 nitrogen and oxygen atoms in total. The van der Waals surface area contributed by atoms with E-state index in [0.29, 0.717) is 0 Å². The number of ether oxygens (including phenoxy) is 3. The lowest BCUT2D eigenvalue weighted by molar-refractivity contribution is -0.265. The standard InChI is InChI=1S/C25H34F6N6O5/c1-21(2,3)42-20(39)34-16(11-41-22(4,5)24(26,27)28)15-10-37-18(33-15)8-14(9-32-37)17(12-40-7)36-13-23(6,25(29,30)31)35-19(36)38/h8-10,16-17H,11-13H2,1-7H3,(H,34,39)(H,35,38)/t16-,17?,23-/m0/s1. The average molecular weight is 613 g/mol. The lowest BCUT2D eigenvalue weighted by atomic mass is 10.0. The molecule has 3 rings (SSSR count). The number of nitrogens with one attached hydrogen (secondary N) is 2. The molecule has 0 radical (unpaired) electrons. The van der Waals surface area contributed by atoms with E-state index < -0.39 is 66.5 Å². The lowest BCUT2D eigenvalue weighted by Gasteiger charge is -2.30. The fraction of sp³-hybridized carbons (Fsp3) is 0.680. The van der Waals surface area contributed by atoms with Gasteiger partial charge in [-0.2, -0.15) is 31.4 Å². The van der Waals surface area contributed by atoms with Crippen molar-refractivity contribution in [3.8, 4) is 0 Å². The van der Waals surface area contributed by atoms with Crippen LogP contribution in [0.3, 0.4) is 0 Å². The van der Waals surface area contributed by atoms with E-state index in [-0.39, 0.29) is 23.5 Å². The molecule has 2 aromatic rings. The number of methoxy groups -OCH3 is 1. The van der Waals surface area contributed by atoms with E-state index in [0.717, 1.165) is 25.7 Å². The van der Waals surface area contributed by atoms with Gasteiger partial charge in [-0.3, -0.25) is 0 Å². The first-order valence-corrected chi connectivity index (χ1v) is 12.8. The van der Waals surface area contributed by atoms with Gasteiger partial charge in [0.2, 0.25) is 0 Å². The van der Waals surface area contributed by atoms with Crippen LogP contribution >= 0.6 is 0 Å². The Bertz CT molecular complexity index is 1290. The van der Waals surface area contributed by atoms with E-state index in [1.165, 1.54) is 30.1 Å². The molecule has 236 valence electrons. The molecule has 1 aliphatic rings. The molecule has 0 bridgehead atoms. The van der Waals surface area contributed by atoms with Gasteiger partial charge in [0.15, 0.2) is 16.8 Å². The zero-order chi connectivity index (χ0) is 31.9. The van der Waals surface area contributed by atoms with Crippen LogP contribution in [-0.2, 0) is 14.2 Å². The number of alkyl halides is 6. The minimum atomic E-state index is -4.71. The number of amides is 3. The zero-order valence-corrected chi connectivity index (χ0v) is 24.1. The van der Waals surface area contributed by atoms with E-state index in [2.05, 4.69) is 15.4 Å². The predicted molar refractivity (Wildman–Crippen MR) is 135 cm³/mol. The van der Waals surface area contributed by atoms with Crippen LogP contribution in [0.1, 0.15) is 64.9 Å². The highest BCUT2D eigenvalue weighted by Gasteiger charge is 2.58. The molecular formula is C25H34F6N6O5. The van der Waals surface area contributed by atoms with Gasteiger partial charge in [0, 0.05) is 12.7 Å². The number of fused-ring (bicyclic) bond motifs is 1. The number of rotatable bonds is 9. The van der Waals surface area contributed by atoms with Crippen LogP contribution in [-0.4, -0.2) is 87.6 Å². The molecule has 0 aromatic carbocycles. The van der Waals surface area contributed by atoms with Crippen molar-refractivity contribution in [2.45, 2.75) is 82.7 Å². The molecule has 2 N–H and O–H groups in total. The molecule has 1 aliphatic heterocycles. The van der Waals surface area contributed by atoms with Gasteiger partial charge in [0.25, 0.3) is 0 Å². The number of hydrogen-bond acceptors (Lipinski definition) is 7. The third-order valence-electron chi connectivity index (χ3n) is 6.54. The van der Waals surface area contributed by atoms with Crippen LogP contribution in [0.25, 0.3) is 5.65 Å². The molecule has 1 fully saturated rings. The summed E-state index contributed by atoms with van der Waals surface area (Å²) in [7, 11) is 1.32. The van der Waals surface area contributed by atoms with Crippen molar-refractivity contribution in [1.29, 1.82) is 0 Å². The molecule has 1 unspecified atom stereocenters. The molecule has 0 aliphatic carbocycles. The number of aromatic nitrogens is 3. The van der Waals surface area contributed by atoms with Crippen molar-refractivity contribution in [1.82, 2.24) is 30.1 Å². The monoisotopic (exact) mass is 612 g/mol. The molecule has 3 atom stereocenters. The van der Waals surface area contributed by atoms with Gasteiger partial charge in [0.1, 0.15) is 5.60 Å². The molecular weight excluding hydrogens is 578 g/mol. The van der Waals surface area contributed by atoms with Crippen molar-refractivity contribution >= 4 is 17.8 Å². The summed E-state index contributed by atoms with van der Waals surface area (Å²) in [6.07, 6.45) is -7.70. The van der Waals surface area contributed by atoms with Crippen LogP contribution in [0.4, 0.5) is 35.9 Å². The number of halogens is 6. The van der Waals surface area contributed by atoms with Crippen molar-refractivity contribution in [3.63, 3.8) is 0 Å². The van der Waals surface area contributed by atoms with E-state index in [9.17, 15) is 35.9 Å². The molecule has 42 heavy (non-hydrogen) atoms. The summed E-state index contributed by atoms with van der Waals surface area (Å²) in [6, 6.07) is -1.70. The van der Waals surface area contributed by atoms with Crippen molar-refractivity contribution in [2.24, 2.45) is 0 Å². The summed E-state index contributed by atoms with van der Waals surface area (Å²) in [5, 5.41) is 8.65. The van der Waals surface area contributed by atoms with Gasteiger partial charge in [-0.05, 0) is 47.6 Å². The third-order valence-corrected chi connectivity index (χ3v) is 6.54. The minimum Gasteiger partial charge on any atom is -0.444 e. The topological polar surface area (TPSA) is 119 Å². The molecule has 0 spiro atoms. The largest absolute Gasteiger partial charge is 0.444 e. The summed E-state index contributed by atoms with van der Waals surface area (Å²) in [5.41, 5.74) is -5.47. The van der Waals surface area contributed by atoms with Crippen molar-refractivity contribution in [2.75, 3.05) is 26.9 Å². The number of alkyl carbamates (subject to hydrolysis) is 1. The van der Waals surface area contributed by atoms with Crippen LogP contribution in [0, 0.1) is 0 Å². The van der Waals surface area contributed by atoms with E-state index >= 15 is 0 Å². The zero-order valence-electron chi connectivity index (χ0n) is 24.1. The van der Waals surface area contributed by atoms with Crippen LogP contribution < -0.4 is 10.6 Å². The summed E-state index contributed by atoms with van der Waals surface area (Å²) in [4.78, 5) is 30.4. The predicted octanol–water partition coefficient (Wildman–Crippen LogP) is 4.69. The third kappa shape index (κ3) is 7.35. The highest BCUT2D eigenvalue weighted by Crippen LogP contribution is 2.38. The molecule has 0 saturated carbocycles. The van der Waals surface area contributed by atoms with Crippen molar-refractivity contribution < 1.29 is 50.1 Å². The molecule has 3 heterocycles. The summed E-state index contributed by atoms with van der Waals surface area (Å²) in [5.74, 6) is 0. The minimum absolute atomic E-state index is 0.0651. The lowest BCUT2D eigenvalue weighted by Crippen LogP contribution is -2.53. The molecule has 1 saturated heterocycles. The Hall–Kier alpha value is -3.34. The number of urea groups is 1. The first-order valence-electron chi connectivity index (χ1n) is 12.8. The number of nitrogens with zero attached hydrogens (tertiary/aromatic N) is 4. The molecule has 2 aromatic heterocycles. The normalized spacial score (nSPS) is 20.0. The Balaban J connectivity index is 1.95. The van der Waals surface area contributed by atoms with E-state index in [1.807, 2.05) is 5.32 Å². The Kier molecular flexibility index (Phi) is 8.99. The average Bonchev–Trinajstić information content (AvgIpc) is 3.38.